The molecule has 3 rings (SSSR count). The van der Waals surface area contributed by atoms with Crippen LogP contribution in [0.3, 0.4) is 0 Å². The van der Waals surface area contributed by atoms with Gasteiger partial charge in [-0.15, -0.1) is 0 Å². The van der Waals surface area contributed by atoms with E-state index < -0.39 is 11.7 Å². The summed E-state index contributed by atoms with van der Waals surface area (Å²) in [6.45, 7) is 5.44. The predicted octanol–water partition coefficient (Wildman–Crippen LogP) is 5.17. The number of benzene rings is 1. The molecule has 0 aliphatic carbocycles. The average molecular weight is 443 g/mol. The Balaban J connectivity index is 2.02. The van der Waals surface area contributed by atoms with Gasteiger partial charge in [-0.25, -0.2) is 10.2 Å². The van der Waals surface area contributed by atoms with Crippen molar-refractivity contribution in [3.8, 4) is 0 Å². The highest BCUT2D eigenvalue weighted by Crippen LogP contribution is 2.28. The first-order chi connectivity index (χ1) is 13.3. The first-order valence-corrected chi connectivity index (χ1v) is 9.72. The van der Waals surface area contributed by atoms with Crippen LogP contribution >= 0.6 is 15.9 Å². The lowest BCUT2D eigenvalue weighted by molar-refractivity contribution is 0.0529. The summed E-state index contributed by atoms with van der Waals surface area (Å²) in [5.74, 6) is -0.221. The molecule has 3 aromatic rings. The van der Waals surface area contributed by atoms with E-state index in [0.717, 1.165) is 21.4 Å². The molecule has 28 heavy (non-hydrogen) atoms. The molecule has 0 atom stereocenters. The Bertz CT molecular complexity index is 890. The number of hydrogen-bond acceptors (Lipinski definition) is 3. The van der Waals surface area contributed by atoms with E-state index in [9.17, 15) is 4.79 Å². The highest BCUT2D eigenvalue weighted by molar-refractivity contribution is 9.10. The summed E-state index contributed by atoms with van der Waals surface area (Å²) in [4.78, 5) is 18.7. The van der Waals surface area contributed by atoms with Gasteiger partial charge in [-0.2, -0.15) is 5.10 Å². The second kappa shape index (κ2) is 8.48. The fraction of sp³-hybridized carbons (Fsp3) is 0.238. The maximum atomic E-state index is 12.2. The van der Waals surface area contributed by atoms with Crippen LogP contribution in [0.5, 0.6) is 0 Å². The molecule has 0 bridgehead atoms. The molecule has 6 nitrogen and oxygen atoms in total. The van der Waals surface area contributed by atoms with Gasteiger partial charge in [-0.05, 0) is 62.7 Å². The fourth-order valence-electron chi connectivity index (χ4n) is 2.83. The number of hydrogen-bond donors (Lipinski definition) is 3. The zero-order valence-electron chi connectivity index (χ0n) is 16.0. The van der Waals surface area contributed by atoms with Crippen LogP contribution in [-0.4, -0.2) is 27.4 Å². The molecule has 3 N–H and O–H groups in total. The normalized spacial score (nSPS) is 12.2. The van der Waals surface area contributed by atoms with Gasteiger partial charge in [0.1, 0.15) is 5.60 Å². The van der Waals surface area contributed by atoms with E-state index in [0.29, 0.717) is 5.71 Å². The van der Waals surface area contributed by atoms with Gasteiger partial charge < -0.3 is 14.7 Å². The van der Waals surface area contributed by atoms with Crippen molar-refractivity contribution in [2.75, 3.05) is 0 Å². The largest absolute Gasteiger partial charge is 0.443 e. The summed E-state index contributed by atoms with van der Waals surface area (Å²) in [6, 6.07) is 15.7. The Kier molecular flexibility index (Phi) is 6.04. The van der Waals surface area contributed by atoms with Gasteiger partial charge in [0.05, 0.1) is 11.6 Å². The van der Waals surface area contributed by atoms with Gasteiger partial charge in [0, 0.05) is 28.3 Å². The van der Waals surface area contributed by atoms with Crippen molar-refractivity contribution < 1.29 is 9.53 Å². The molecule has 146 valence electrons. The molecule has 0 unspecified atom stereocenters. The zero-order valence-corrected chi connectivity index (χ0v) is 17.6. The number of aromatic amines is 2. The molecule has 2 heterocycles. The van der Waals surface area contributed by atoms with Crippen molar-refractivity contribution in [2.24, 2.45) is 5.10 Å². The van der Waals surface area contributed by atoms with Gasteiger partial charge in [-0.1, -0.05) is 28.1 Å². The molecule has 0 saturated heterocycles. The number of nitrogens with zero attached hydrogens (tertiary/aromatic N) is 1. The van der Waals surface area contributed by atoms with Crippen LogP contribution in [0, 0.1) is 0 Å². The minimum Gasteiger partial charge on any atom is -0.443 e. The highest BCUT2D eigenvalue weighted by Gasteiger charge is 2.25. The number of hydrazone groups is 1. The van der Waals surface area contributed by atoms with Crippen molar-refractivity contribution in [3.63, 3.8) is 0 Å². The SMILES string of the molecule is CC(C)(C)OC(=O)N/N=C(/c1ccc(Br)cc1)C(c1ccc[nH]1)c1ccc[nH]1. The molecule has 0 aliphatic heterocycles. The molecule has 0 spiro atoms. The van der Waals surface area contributed by atoms with Crippen molar-refractivity contribution in [2.45, 2.75) is 32.3 Å². The third kappa shape index (κ3) is 5.13. The second-order valence-corrected chi connectivity index (χ2v) is 8.22. The van der Waals surface area contributed by atoms with Gasteiger partial charge >= 0.3 is 6.09 Å². The smallest absolute Gasteiger partial charge is 0.428 e. The number of rotatable bonds is 5. The second-order valence-electron chi connectivity index (χ2n) is 7.30. The van der Waals surface area contributed by atoms with E-state index in [1.54, 1.807) is 0 Å². The summed E-state index contributed by atoms with van der Waals surface area (Å²) in [7, 11) is 0. The Morgan fingerprint density at radius 1 is 1.04 bits per heavy atom. The average Bonchev–Trinajstić information content (AvgIpc) is 3.32. The summed E-state index contributed by atoms with van der Waals surface area (Å²) in [5.41, 5.74) is 5.42. The van der Waals surface area contributed by atoms with Crippen LogP contribution in [0.15, 0.2) is 70.5 Å². The van der Waals surface area contributed by atoms with Crippen LogP contribution in [0.25, 0.3) is 0 Å². The van der Waals surface area contributed by atoms with E-state index in [2.05, 4.69) is 36.4 Å². The monoisotopic (exact) mass is 442 g/mol. The summed E-state index contributed by atoms with van der Waals surface area (Å²) in [5, 5.41) is 4.46. The first kappa shape index (κ1) is 19.9. The number of aromatic nitrogens is 2. The number of carbonyl (C=O) groups is 1. The Labute approximate surface area is 172 Å². The van der Waals surface area contributed by atoms with Crippen LogP contribution in [0.2, 0.25) is 0 Å². The number of H-pyrrole nitrogens is 2. The molecule has 0 aliphatic rings. The Morgan fingerprint density at radius 2 is 1.61 bits per heavy atom. The van der Waals surface area contributed by atoms with E-state index >= 15 is 0 Å². The van der Waals surface area contributed by atoms with Crippen molar-refractivity contribution in [1.82, 2.24) is 15.4 Å². The Morgan fingerprint density at radius 3 is 2.07 bits per heavy atom. The maximum Gasteiger partial charge on any atom is 0.428 e. The molecule has 0 fully saturated rings. The third-order valence-electron chi connectivity index (χ3n) is 3.95. The van der Waals surface area contributed by atoms with Gasteiger partial charge in [0.2, 0.25) is 0 Å². The molecular weight excluding hydrogens is 420 g/mol. The number of amides is 1. The zero-order chi connectivity index (χ0) is 20.1. The maximum absolute atomic E-state index is 12.2. The van der Waals surface area contributed by atoms with Gasteiger partial charge in [0.25, 0.3) is 0 Å². The third-order valence-corrected chi connectivity index (χ3v) is 4.47. The number of carbonyl (C=O) groups excluding carboxylic acids is 1. The number of nitrogens with one attached hydrogen (secondary N) is 3. The molecule has 0 radical (unpaired) electrons. The van der Waals surface area contributed by atoms with Crippen LogP contribution < -0.4 is 5.43 Å². The summed E-state index contributed by atoms with van der Waals surface area (Å²) in [6.07, 6.45) is 3.14. The molecule has 0 saturated carbocycles. The molecule has 2 aromatic heterocycles. The molecular formula is C21H23BrN4O2. The van der Waals surface area contributed by atoms with E-state index in [4.69, 9.17) is 4.74 Å². The van der Waals surface area contributed by atoms with E-state index in [1.165, 1.54) is 0 Å². The standard InChI is InChI=1S/C21H23BrN4O2/c1-21(2,3)28-20(27)26-25-19(14-8-10-15(22)11-9-14)18(16-6-4-12-23-16)17-7-5-13-24-17/h4-13,18,23-24H,1-3H3,(H,26,27)/b25-19-. The number of halogens is 1. The minimum atomic E-state index is -0.601. The minimum absolute atomic E-state index is 0.221. The van der Waals surface area contributed by atoms with Crippen LogP contribution in [0.4, 0.5) is 4.79 Å². The van der Waals surface area contributed by atoms with E-state index in [1.807, 2.05) is 81.7 Å². The lowest BCUT2D eigenvalue weighted by atomic mass is 9.91. The molecule has 1 aromatic carbocycles. The van der Waals surface area contributed by atoms with Crippen molar-refractivity contribution >= 4 is 27.7 Å². The first-order valence-electron chi connectivity index (χ1n) is 8.92. The van der Waals surface area contributed by atoms with Crippen LogP contribution in [0.1, 0.15) is 43.6 Å². The van der Waals surface area contributed by atoms with E-state index in [-0.39, 0.29) is 5.92 Å². The quantitative estimate of drug-likeness (QED) is 0.376. The molecule has 1 amide bonds. The highest BCUT2D eigenvalue weighted by atomic mass is 79.9. The van der Waals surface area contributed by atoms with Gasteiger partial charge in [-0.3, -0.25) is 0 Å². The summed E-state index contributed by atoms with van der Waals surface area (Å²) < 4.78 is 6.29. The van der Waals surface area contributed by atoms with Crippen molar-refractivity contribution in [3.05, 3.63) is 82.3 Å². The lowest BCUT2D eigenvalue weighted by Crippen LogP contribution is -2.31. The predicted molar refractivity (Wildman–Crippen MR) is 113 cm³/mol. The van der Waals surface area contributed by atoms with Crippen molar-refractivity contribution in [1.29, 1.82) is 0 Å². The fourth-order valence-corrected chi connectivity index (χ4v) is 3.10. The Hall–Kier alpha value is -2.80. The molecule has 7 heteroatoms. The summed E-state index contributed by atoms with van der Waals surface area (Å²) >= 11 is 3.46. The van der Waals surface area contributed by atoms with Gasteiger partial charge in [0.15, 0.2) is 0 Å². The van der Waals surface area contributed by atoms with Crippen LogP contribution in [-0.2, 0) is 4.74 Å². The lowest BCUT2D eigenvalue weighted by Gasteiger charge is -2.21. The topological polar surface area (TPSA) is 82.3 Å². The number of ether oxygens (including phenoxy) is 1.